The van der Waals surface area contributed by atoms with E-state index in [1.165, 1.54) is 0 Å². The predicted octanol–water partition coefficient (Wildman–Crippen LogP) is 0.316. The fraction of sp³-hybridized carbons (Fsp3) is 0.818. The molecule has 0 atom stereocenters. The van der Waals surface area contributed by atoms with Crippen molar-refractivity contribution >= 4 is 35.8 Å². The van der Waals surface area contributed by atoms with Gasteiger partial charge >= 0.3 is 0 Å². The molecule has 0 aromatic carbocycles. The molecule has 1 N–H and O–H groups in total. The molecule has 0 spiro atoms. The van der Waals surface area contributed by atoms with Crippen LogP contribution in [0.3, 0.4) is 0 Å². The van der Waals surface area contributed by atoms with Gasteiger partial charge in [0.15, 0.2) is 0 Å². The van der Waals surface area contributed by atoms with Crippen LogP contribution < -0.4 is 5.32 Å². The standard InChI is InChI=1S/C11H20ClN3O2.ClH/c1-9(2)13-10(16)8-14-3-5-15(6-4-14)11(17)7-12;/h9H,3-8H2,1-2H3,(H,13,16);1H. The minimum Gasteiger partial charge on any atom is -0.353 e. The van der Waals surface area contributed by atoms with Crippen LogP contribution >= 0.6 is 24.0 Å². The van der Waals surface area contributed by atoms with Gasteiger partial charge in [-0.1, -0.05) is 0 Å². The molecule has 7 heteroatoms. The maximum Gasteiger partial charge on any atom is 0.237 e. The normalized spacial score (nSPS) is 16.3. The van der Waals surface area contributed by atoms with Crippen molar-refractivity contribution in [3.63, 3.8) is 0 Å². The Hall–Kier alpha value is -0.520. The van der Waals surface area contributed by atoms with Crippen LogP contribution in [0.4, 0.5) is 0 Å². The highest BCUT2D eigenvalue weighted by molar-refractivity contribution is 6.27. The Kier molecular flexibility index (Phi) is 8.31. The van der Waals surface area contributed by atoms with Gasteiger partial charge in [0.05, 0.1) is 6.54 Å². The molecule has 1 saturated heterocycles. The van der Waals surface area contributed by atoms with Crippen molar-refractivity contribution in [2.75, 3.05) is 38.6 Å². The molecule has 0 aromatic rings. The van der Waals surface area contributed by atoms with Gasteiger partial charge in [0.25, 0.3) is 0 Å². The maximum atomic E-state index is 11.5. The van der Waals surface area contributed by atoms with Crippen LogP contribution in [-0.4, -0.2) is 66.3 Å². The molecule has 1 rings (SSSR count). The molecule has 2 amide bonds. The minimum atomic E-state index is -0.0297. The number of carbonyl (C=O) groups is 2. The number of rotatable bonds is 4. The first-order chi connectivity index (χ1) is 8.02. The van der Waals surface area contributed by atoms with E-state index in [4.69, 9.17) is 11.6 Å². The summed E-state index contributed by atoms with van der Waals surface area (Å²) in [6.07, 6.45) is 0. The highest BCUT2D eigenvalue weighted by Gasteiger charge is 2.21. The lowest BCUT2D eigenvalue weighted by atomic mass is 10.3. The molecule has 1 fully saturated rings. The van der Waals surface area contributed by atoms with Crippen molar-refractivity contribution in [2.45, 2.75) is 19.9 Å². The van der Waals surface area contributed by atoms with Crippen molar-refractivity contribution in [3.05, 3.63) is 0 Å². The van der Waals surface area contributed by atoms with E-state index >= 15 is 0 Å². The van der Waals surface area contributed by atoms with E-state index in [2.05, 4.69) is 10.2 Å². The second kappa shape index (κ2) is 8.56. The first-order valence-corrected chi connectivity index (χ1v) is 6.42. The van der Waals surface area contributed by atoms with E-state index in [9.17, 15) is 9.59 Å². The molecule has 0 unspecified atom stereocenters. The topological polar surface area (TPSA) is 52.7 Å². The molecule has 0 aliphatic carbocycles. The summed E-state index contributed by atoms with van der Waals surface area (Å²) in [6, 6.07) is 0.168. The highest BCUT2D eigenvalue weighted by Crippen LogP contribution is 2.02. The Morgan fingerprint density at radius 2 is 1.78 bits per heavy atom. The van der Waals surface area contributed by atoms with Crippen molar-refractivity contribution in [1.29, 1.82) is 0 Å². The zero-order valence-electron chi connectivity index (χ0n) is 10.8. The van der Waals surface area contributed by atoms with E-state index in [0.29, 0.717) is 19.6 Å². The Morgan fingerprint density at radius 1 is 1.22 bits per heavy atom. The molecule has 0 saturated carbocycles. The lowest BCUT2D eigenvalue weighted by Gasteiger charge is -2.34. The van der Waals surface area contributed by atoms with E-state index in [1.807, 2.05) is 13.8 Å². The molecule has 106 valence electrons. The predicted molar refractivity (Wildman–Crippen MR) is 74.3 cm³/mol. The summed E-state index contributed by atoms with van der Waals surface area (Å²) in [5, 5.41) is 2.85. The number of amides is 2. The quantitative estimate of drug-likeness (QED) is 0.760. The van der Waals surface area contributed by atoms with Crippen molar-refractivity contribution in [2.24, 2.45) is 0 Å². The van der Waals surface area contributed by atoms with Crippen molar-refractivity contribution in [3.8, 4) is 0 Å². The van der Waals surface area contributed by atoms with Crippen LogP contribution in [0.2, 0.25) is 0 Å². The number of alkyl halides is 1. The molecular weight excluding hydrogens is 277 g/mol. The van der Waals surface area contributed by atoms with E-state index in [-0.39, 0.29) is 36.1 Å². The monoisotopic (exact) mass is 297 g/mol. The summed E-state index contributed by atoms with van der Waals surface area (Å²) in [5.74, 6) is 0.0449. The van der Waals surface area contributed by atoms with Gasteiger partial charge in [0, 0.05) is 32.2 Å². The number of hydrogen-bond donors (Lipinski definition) is 1. The van der Waals surface area contributed by atoms with Crippen LogP contribution in [0.5, 0.6) is 0 Å². The van der Waals surface area contributed by atoms with Gasteiger partial charge in [0.2, 0.25) is 11.8 Å². The average Bonchev–Trinajstić information content (AvgIpc) is 2.28. The van der Waals surface area contributed by atoms with Crippen molar-refractivity contribution < 1.29 is 9.59 Å². The fourth-order valence-electron chi connectivity index (χ4n) is 1.81. The Bertz CT molecular complexity index is 279. The first kappa shape index (κ1) is 17.5. The van der Waals surface area contributed by atoms with Crippen LogP contribution in [0.1, 0.15) is 13.8 Å². The van der Waals surface area contributed by atoms with Gasteiger partial charge in [-0.3, -0.25) is 14.5 Å². The summed E-state index contributed by atoms with van der Waals surface area (Å²) in [6.45, 7) is 7.05. The van der Waals surface area contributed by atoms with Gasteiger partial charge in [0.1, 0.15) is 5.88 Å². The Labute approximate surface area is 119 Å². The van der Waals surface area contributed by atoms with Gasteiger partial charge in [-0.05, 0) is 13.8 Å². The zero-order valence-corrected chi connectivity index (χ0v) is 12.4. The third kappa shape index (κ3) is 5.89. The summed E-state index contributed by atoms with van der Waals surface area (Å²) in [7, 11) is 0. The third-order valence-corrected chi connectivity index (χ3v) is 2.88. The Balaban J connectivity index is 0.00000289. The zero-order chi connectivity index (χ0) is 12.8. The third-order valence-electron chi connectivity index (χ3n) is 2.66. The molecule has 1 aliphatic heterocycles. The fourth-order valence-corrected chi connectivity index (χ4v) is 1.98. The van der Waals surface area contributed by atoms with Gasteiger partial charge in [-0.2, -0.15) is 0 Å². The molecular formula is C11H21Cl2N3O2. The number of piperazine rings is 1. The molecule has 1 aliphatic rings. The number of halogens is 2. The summed E-state index contributed by atoms with van der Waals surface area (Å²) in [4.78, 5) is 26.7. The lowest BCUT2D eigenvalue weighted by molar-refractivity contribution is -0.130. The van der Waals surface area contributed by atoms with E-state index < -0.39 is 0 Å². The van der Waals surface area contributed by atoms with E-state index in [1.54, 1.807) is 4.90 Å². The lowest BCUT2D eigenvalue weighted by Crippen LogP contribution is -2.51. The molecule has 0 aromatic heterocycles. The molecule has 0 radical (unpaired) electrons. The maximum absolute atomic E-state index is 11.5. The smallest absolute Gasteiger partial charge is 0.237 e. The Morgan fingerprint density at radius 3 is 2.22 bits per heavy atom. The molecule has 5 nitrogen and oxygen atoms in total. The second-order valence-corrected chi connectivity index (χ2v) is 4.78. The minimum absolute atomic E-state index is 0. The van der Waals surface area contributed by atoms with Gasteiger partial charge < -0.3 is 10.2 Å². The highest BCUT2D eigenvalue weighted by atomic mass is 35.5. The number of nitrogens with one attached hydrogen (secondary N) is 1. The van der Waals surface area contributed by atoms with Crippen LogP contribution in [-0.2, 0) is 9.59 Å². The van der Waals surface area contributed by atoms with Gasteiger partial charge in [-0.15, -0.1) is 24.0 Å². The van der Waals surface area contributed by atoms with Crippen LogP contribution in [0.15, 0.2) is 0 Å². The summed E-state index contributed by atoms with van der Waals surface area (Å²) in [5.41, 5.74) is 0. The average molecular weight is 298 g/mol. The summed E-state index contributed by atoms with van der Waals surface area (Å²) >= 11 is 5.49. The number of hydrogen-bond acceptors (Lipinski definition) is 3. The largest absolute Gasteiger partial charge is 0.353 e. The number of carbonyl (C=O) groups excluding carboxylic acids is 2. The number of nitrogens with zero attached hydrogens (tertiary/aromatic N) is 2. The summed E-state index contributed by atoms with van der Waals surface area (Å²) < 4.78 is 0. The van der Waals surface area contributed by atoms with Crippen LogP contribution in [0, 0.1) is 0 Å². The molecule has 18 heavy (non-hydrogen) atoms. The van der Waals surface area contributed by atoms with Gasteiger partial charge in [-0.25, -0.2) is 0 Å². The first-order valence-electron chi connectivity index (χ1n) is 5.88. The van der Waals surface area contributed by atoms with Crippen LogP contribution in [0.25, 0.3) is 0 Å². The SMILES string of the molecule is CC(C)NC(=O)CN1CCN(C(=O)CCl)CC1.Cl. The molecule has 0 bridgehead atoms. The van der Waals surface area contributed by atoms with Crippen molar-refractivity contribution in [1.82, 2.24) is 15.1 Å². The van der Waals surface area contributed by atoms with E-state index in [0.717, 1.165) is 13.1 Å². The second-order valence-electron chi connectivity index (χ2n) is 4.51. The molecule has 1 heterocycles.